The van der Waals surface area contributed by atoms with Crippen molar-refractivity contribution in [1.29, 1.82) is 0 Å². The molecule has 1 aliphatic rings. The molecule has 0 aliphatic carbocycles. The first-order valence-corrected chi connectivity index (χ1v) is 6.93. The van der Waals surface area contributed by atoms with Crippen LogP contribution >= 0.6 is 0 Å². The Hall–Kier alpha value is -2.18. The Labute approximate surface area is 122 Å². The molecule has 6 nitrogen and oxygen atoms in total. The highest BCUT2D eigenvalue weighted by Gasteiger charge is 2.29. The number of hydrogen-bond donors (Lipinski definition) is 3. The molecule has 1 aliphatic heterocycles. The molecule has 110 valence electrons. The maximum atomic E-state index is 12.2. The van der Waals surface area contributed by atoms with Gasteiger partial charge in [0.1, 0.15) is 0 Å². The van der Waals surface area contributed by atoms with E-state index in [2.05, 4.69) is 20.8 Å². The fourth-order valence-electron chi connectivity index (χ4n) is 2.49. The van der Waals surface area contributed by atoms with Gasteiger partial charge in [-0.15, -0.1) is 0 Å². The molecule has 2 heterocycles. The quantitative estimate of drug-likeness (QED) is 0.793. The van der Waals surface area contributed by atoms with Crippen LogP contribution in [0.3, 0.4) is 0 Å². The SMILES string of the molecule is COC1CNC(C(=O)Nc2cccc(-c3ccn[nH]3)c2)C1. The van der Waals surface area contributed by atoms with Crippen molar-refractivity contribution in [3.05, 3.63) is 36.5 Å². The largest absolute Gasteiger partial charge is 0.380 e. The van der Waals surface area contributed by atoms with Crippen LogP contribution in [0.4, 0.5) is 5.69 Å². The maximum absolute atomic E-state index is 12.2. The third-order valence-electron chi connectivity index (χ3n) is 3.68. The Morgan fingerprint density at radius 2 is 2.33 bits per heavy atom. The second-order valence-corrected chi connectivity index (χ2v) is 5.09. The zero-order valence-electron chi connectivity index (χ0n) is 11.8. The number of H-pyrrole nitrogens is 1. The summed E-state index contributed by atoms with van der Waals surface area (Å²) in [6.07, 6.45) is 2.51. The number of amides is 1. The number of carbonyl (C=O) groups is 1. The molecule has 0 spiro atoms. The van der Waals surface area contributed by atoms with Crippen molar-refractivity contribution >= 4 is 11.6 Å². The highest BCUT2D eigenvalue weighted by atomic mass is 16.5. The van der Waals surface area contributed by atoms with E-state index in [0.717, 1.165) is 16.9 Å². The molecule has 2 aromatic rings. The van der Waals surface area contributed by atoms with Gasteiger partial charge in [-0.1, -0.05) is 12.1 Å². The molecule has 3 N–H and O–H groups in total. The van der Waals surface area contributed by atoms with Crippen LogP contribution in [0.1, 0.15) is 6.42 Å². The summed E-state index contributed by atoms with van der Waals surface area (Å²) in [6, 6.07) is 9.37. The van der Waals surface area contributed by atoms with E-state index in [9.17, 15) is 4.79 Å². The minimum atomic E-state index is -0.203. The van der Waals surface area contributed by atoms with Crippen molar-refractivity contribution in [3.8, 4) is 11.3 Å². The van der Waals surface area contributed by atoms with E-state index in [4.69, 9.17) is 4.74 Å². The third kappa shape index (κ3) is 3.12. The number of ether oxygens (including phenoxy) is 1. The smallest absolute Gasteiger partial charge is 0.241 e. The van der Waals surface area contributed by atoms with E-state index < -0.39 is 0 Å². The first-order chi connectivity index (χ1) is 10.3. The normalized spacial score (nSPS) is 21.4. The number of aromatic amines is 1. The molecule has 0 radical (unpaired) electrons. The van der Waals surface area contributed by atoms with Gasteiger partial charge in [0.2, 0.25) is 5.91 Å². The number of benzene rings is 1. The average molecular weight is 286 g/mol. The average Bonchev–Trinajstić information content (AvgIpc) is 3.19. The van der Waals surface area contributed by atoms with Gasteiger partial charge in [0.25, 0.3) is 0 Å². The van der Waals surface area contributed by atoms with Crippen LogP contribution < -0.4 is 10.6 Å². The number of anilines is 1. The van der Waals surface area contributed by atoms with E-state index >= 15 is 0 Å². The van der Waals surface area contributed by atoms with Crippen molar-refractivity contribution in [2.45, 2.75) is 18.6 Å². The number of carbonyl (C=O) groups excluding carboxylic acids is 1. The summed E-state index contributed by atoms with van der Waals surface area (Å²) in [4.78, 5) is 12.2. The Bertz CT molecular complexity index is 612. The molecular weight excluding hydrogens is 268 g/mol. The van der Waals surface area contributed by atoms with E-state index in [1.165, 1.54) is 0 Å². The first kappa shape index (κ1) is 13.8. The van der Waals surface area contributed by atoms with Gasteiger partial charge in [-0.05, 0) is 24.6 Å². The van der Waals surface area contributed by atoms with Gasteiger partial charge in [0.15, 0.2) is 0 Å². The van der Waals surface area contributed by atoms with Gasteiger partial charge in [-0.3, -0.25) is 9.89 Å². The molecule has 1 amide bonds. The lowest BCUT2D eigenvalue weighted by atomic mass is 10.1. The van der Waals surface area contributed by atoms with Crippen LogP contribution in [0.2, 0.25) is 0 Å². The Kier molecular flexibility index (Phi) is 3.98. The molecule has 2 atom stereocenters. The van der Waals surface area contributed by atoms with Crippen molar-refractivity contribution in [2.24, 2.45) is 0 Å². The summed E-state index contributed by atoms with van der Waals surface area (Å²) in [6.45, 7) is 0.711. The summed E-state index contributed by atoms with van der Waals surface area (Å²) < 4.78 is 5.26. The van der Waals surface area contributed by atoms with E-state index in [1.807, 2.05) is 30.3 Å². The summed E-state index contributed by atoms with van der Waals surface area (Å²) in [5.74, 6) is -0.0312. The molecule has 1 saturated heterocycles. The monoisotopic (exact) mass is 286 g/mol. The Morgan fingerprint density at radius 1 is 1.43 bits per heavy atom. The zero-order valence-corrected chi connectivity index (χ0v) is 11.8. The van der Waals surface area contributed by atoms with Crippen LogP contribution in [0.15, 0.2) is 36.5 Å². The molecule has 21 heavy (non-hydrogen) atoms. The molecule has 3 rings (SSSR count). The predicted molar refractivity (Wildman–Crippen MR) is 79.9 cm³/mol. The van der Waals surface area contributed by atoms with Gasteiger partial charge >= 0.3 is 0 Å². The van der Waals surface area contributed by atoms with Crippen molar-refractivity contribution in [1.82, 2.24) is 15.5 Å². The highest BCUT2D eigenvalue weighted by molar-refractivity contribution is 5.95. The first-order valence-electron chi connectivity index (χ1n) is 6.93. The maximum Gasteiger partial charge on any atom is 0.241 e. The minimum Gasteiger partial charge on any atom is -0.380 e. The molecular formula is C15H18N4O2. The van der Waals surface area contributed by atoms with Crippen molar-refractivity contribution in [2.75, 3.05) is 19.0 Å². The molecule has 0 saturated carbocycles. The molecule has 1 aromatic heterocycles. The second-order valence-electron chi connectivity index (χ2n) is 5.09. The number of hydrogen-bond acceptors (Lipinski definition) is 4. The van der Waals surface area contributed by atoms with Crippen LogP contribution in [0.5, 0.6) is 0 Å². The van der Waals surface area contributed by atoms with Gasteiger partial charge < -0.3 is 15.4 Å². The van der Waals surface area contributed by atoms with E-state index in [1.54, 1.807) is 13.3 Å². The van der Waals surface area contributed by atoms with Gasteiger partial charge in [-0.2, -0.15) is 5.10 Å². The molecule has 0 bridgehead atoms. The molecule has 6 heteroatoms. The van der Waals surface area contributed by atoms with Gasteiger partial charge in [-0.25, -0.2) is 0 Å². The fraction of sp³-hybridized carbons (Fsp3) is 0.333. The van der Waals surface area contributed by atoms with Crippen LogP contribution in [0, 0.1) is 0 Å². The number of nitrogens with one attached hydrogen (secondary N) is 3. The number of rotatable bonds is 4. The van der Waals surface area contributed by atoms with E-state index in [0.29, 0.717) is 13.0 Å². The van der Waals surface area contributed by atoms with Gasteiger partial charge in [0.05, 0.1) is 17.8 Å². The number of aromatic nitrogens is 2. The summed E-state index contributed by atoms with van der Waals surface area (Å²) >= 11 is 0. The van der Waals surface area contributed by atoms with E-state index in [-0.39, 0.29) is 18.1 Å². The predicted octanol–water partition coefficient (Wildman–Crippen LogP) is 1.39. The summed E-state index contributed by atoms with van der Waals surface area (Å²) in [7, 11) is 1.67. The Morgan fingerprint density at radius 3 is 3.05 bits per heavy atom. The second kappa shape index (κ2) is 6.07. The highest BCUT2D eigenvalue weighted by Crippen LogP contribution is 2.21. The number of nitrogens with zero attached hydrogens (tertiary/aromatic N) is 1. The molecule has 1 aromatic carbocycles. The fourth-order valence-corrected chi connectivity index (χ4v) is 2.49. The zero-order chi connectivity index (χ0) is 14.7. The van der Waals surface area contributed by atoms with Crippen molar-refractivity contribution in [3.63, 3.8) is 0 Å². The van der Waals surface area contributed by atoms with Crippen LogP contribution in [-0.2, 0) is 9.53 Å². The standard InChI is InChI=1S/C15H18N4O2/c1-21-12-8-14(16-9-12)15(20)18-11-4-2-3-10(7-11)13-5-6-17-19-13/h2-7,12,14,16H,8-9H2,1H3,(H,17,19)(H,18,20). The van der Waals surface area contributed by atoms with Crippen LogP contribution in [0.25, 0.3) is 11.3 Å². The van der Waals surface area contributed by atoms with Crippen molar-refractivity contribution < 1.29 is 9.53 Å². The minimum absolute atomic E-state index is 0.0312. The topological polar surface area (TPSA) is 79.0 Å². The lowest BCUT2D eigenvalue weighted by Crippen LogP contribution is -2.35. The van der Waals surface area contributed by atoms with Gasteiger partial charge in [0, 0.05) is 31.1 Å². The molecule has 2 unspecified atom stereocenters. The van der Waals surface area contributed by atoms with Crippen LogP contribution in [-0.4, -0.2) is 41.9 Å². The summed E-state index contributed by atoms with van der Waals surface area (Å²) in [5.41, 5.74) is 2.68. The number of methoxy groups -OCH3 is 1. The lowest BCUT2D eigenvalue weighted by Gasteiger charge is -2.12. The lowest BCUT2D eigenvalue weighted by molar-refractivity contribution is -0.118. The summed E-state index contributed by atoms with van der Waals surface area (Å²) in [5, 5.41) is 13.0. The third-order valence-corrected chi connectivity index (χ3v) is 3.68. The molecule has 1 fully saturated rings. The Balaban J connectivity index is 1.68.